The highest BCUT2D eigenvalue weighted by Crippen LogP contribution is 2.23. The summed E-state index contributed by atoms with van der Waals surface area (Å²) < 4.78 is 7.81. The minimum absolute atomic E-state index is 0.679. The van der Waals surface area contributed by atoms with Crippen LogP contribution in [-0.2, 0) is 6.67 Å². The Labute approximate surface area is 171 Å². The van der Waals surface area contributed by atoms with Gasteiger partial charge in [-0.2, -0.15) is 0 Å². The van der Waals surface area contributed by atoms with E-state index in [2.05, 4.69) is 39.8 Å². The molecule has 5 heteroatoms. The van der Waals surface area contributed by atoms with Crippen LogP contribution in [0.25, 0.3) is 23.2 Å². The zero-order chi connectivity index (χ0) is 19.3. The summed E-state index contributed by atoms with van der Waals surface area (Å²) in [5, 5.41) is 0.720. The van der Waals surface area contributed by atoms with E-state index in [-0.39, 0.29) is 0 Å². The Balaban J connectivity index is 1.63. The van der Waals surface area contributed by atoms with Gasteiger partial charge in [-0.25, -0.2) is 4.98 Å². The Morgan fingerprint density at radius 1 is 1.04 bits per heavy atom. The molecule has 1 saturated heterocycles. The van der Waals surface area contributed by atoms with Crippen LogP contribution >= 0.6 is 11.6 Å². The van der Waals surface area contributed by atoms with E-state index < -0.39 is 0 Å². The lowest BCUT2D eigenvalue weighted by molar-refractivity contribution is 0.184. The summed E-state index contributed by atoms with van der Waals surface area (Å²) in [5.41, 5.74) is 3.19. The van der Waals surface area contributed by atoms with Gasteiger partial charge < -0.3 is 9.30 Å². The molecule has 2 aromatic carbocycles. The number of rotatable bonds is 6. The van der Waals surface area contributed by atoms with Gasteiger partial charge in [0.15, 0.2) is 0 Å². The van der Waals surface area contributed by atoms with Crippen LogP contribution in [0.2, 0.25) is 5.02 Å². The van der Waals surface area contributed by atoms with Gasteiger partial charge in [-0.15, -0.1) is 0 Å². The summed E-state index contributed by atoms with van der Waals surface area (Å²) in [6, 6.07) is 14.1. The molecular formula is C23H26ClN3O. The number of fused-ring (bicyclic) bond motifs is 1. The van der Waals surface area contributed by atoms with Gasteiger partial charge in [0.1, 0.15) is 11.6 Å². The van der Waals surface area contributed by atoms with Gasteiger partial charge >= 0.3 is 0 Å². The molecule has 0 radical (unpaired) electrons. The molecule has 28 heavy (non-hydrogen) atoms. The average molecular weight is 396 g/mol. The number of imidazole rings is 1. The molecule has 3 aromatic rings. The average Bonchev–Trinajstić information content (AvgIpc) is 3.05. The van der Waals surface area contributed by atoms with Crippen molar-refractivity contribution in [1.29, 1.82) is 0 Å². The first-order valence-electron chi connectivity index (χ1n) is 10.0. The molecule has 0 bridgehead atoms. The summed E-state index contributed by atoms with van der Waals surface area (Å²) >= 11 is 6.20. The number of hydrogen-bond donors (Lipinski definition) is 0. The fourth-order valence-corrected chi connectivity index (χ4v) is 3.88. The van der Waals surface area contributed by atoms with Crippen molar-refractivity contribution in [3.05, 3.63) is 58.9 Å². The van der Waals surface area contributed by atoms with Crippen LogP contribution in [0.5, 0.6) is 5.75 Å². The normalized spacial score (nSPS) is 15.5. The van der Waals surface area contributed by atoms with Crippen molar-refractivity contribution in [3.63, 3.8) is 0 Å². The lowest BCUT2D eigenvalue weighted by Gasteiger charge is -2.27. The third-order valence-corrected chi connectivity index (χ3v) is 5.38. The fraction of sp³-hybridized carbons (Fsp3) is 0.348. The van der Waals surface area contributed by atoms with Gasteiger partial charge in [-0.1, -0.05) is 36.2 Å². The first-order chi connectivity index (χ1) is 13.7. The lowest BCUT2D eigenvalue weighted by atomic mass is 10.1. The van der Waals surface area contributed by atoms with Gasteiger partial charge in [-0.3, -0.25) is 4.90 Å². The molecule has 0 saturated carbocycles. The molecule has 0 aliphatic carbocycles. The Kier molecular flexibility index (Phi) is 5.98. The smallest absolute Gasteiger partial charge is 0.134 e. The highest BCUT2D eigenvalue weighted by atomic mass is 35.5. The van der Waals surface area contributed by atoms with E-state index in [0.717, 1.165) is 53.0 Å². The highest BCUT2D eigenvalue weighted by Gasteiger charge is 2.15. The molecule has 0 spiro atoms. The van der Waals surface area contributed by atoms with E-state index in [0.29, 0.717) is 6.61 Å². The van der Waals surface area contributed by atoms with Crippen LogP contribution in [0.1, 0.15) is 37.6 Å². The lowest BCUT2D eigenvalue weighted by Crippen LogP contribution is -2.32. The van der Waals surface area contributed by atoms with Crippen LogP contribution in [0.4, 0.5) is 0 Å². The molecule has 4 rings (SSSR count). The minimum Gasteiger partial charge on any atom is -0.494 e. The Hall–Kier alpha value is -2.30. The van der Waals surface area contributed by atoms with Crippen molar-refractivity contribution in [3.8, 4) is 5.75 Å². The summed E-state index contributed by atoms with van der Waals surface area (Å²) in [4.78, 5) is 7.35. The molecule has 1 aromatic heterocycles. The maximum absolute atomic E-state index is 6.20. The number of piperidine rings is 1. The second-order valence-electron chi connectivity index (χ2n) is 7.19. The van der Waals surface area contributed by atoms with Crippen LogP contribution in [0.3, 0.4) is 0 Å². The van der Waals surface area contributed by atoms with Gasteiger partial charge in [0.2, 0.25) is 0 Å². The van der Waals surface area contributed by atoms with Gasteiger partial charge in [-0.05, 0) is 74.8 Å². The summed E-state index contributed by atoms with van der Waals surface area (Å²) in [6.45, 7) is 5.83. The van der Waals surface area contributed by atoms with Crippen molar-refractivity contribution in [2.45, 2.75) is 32.9 Å². The molecule has 1 aliphatic rings. The Bertz CT molecular complexity index is 956. The molecule has 1 fully saturated rings. The van der Waals surface area contributed by atoms with Crippen molar-refractivity contribution in [1.82, 2.24) is 14.5 Å². The maximum Gasteiger partial charge on any atom is 0.134 e. The first-order valence-corrected chi connectivity index (χ1v) is 10.4. The summed E-state index contributed by atoms with van der Waals surface area (Å²) in [7, 11) is 0. The minimum atomic E-state index is 0.679. The van der Waals surface area contributed by atoms with Crippen LogP contribution in [0.15, 0.2) is 42.5 Å². The third kappa shape index (κ3) is 4.40. The molecular weight excluding hydrogens is 370 g/mol. The quantitative estimate of drug-likeness (QED) is 0.536. The number of likely N-dealkylation sites (tertiary alicyclic amines) is 1. The number of hydrogen-bond acceptors (Lipinski definition) is 3. The molecule has 0 atom stereocenters. The summed E-state index contributed by atoms with van der Waals surface area (Å²) in [6.07, 6.45) is 8.08. The van der Waals surface area contributed by atoms with Gasteiger partial charge in [0, 0.05) is 5.02 Å². The molecule has 2 heterocycles. The van der Waals surface area contributed by atoms with Gasteiger partial charge in [0.25, 0.3) is 0 Å². The fourth-order valence-electron chi connectivity index (χ4n) is 3.71. The Morgan fingerprint density at radius 2 is 1.82 bits per heavy atom. The van der Waals surface area contributed by atoms with E-state index in [9.17, 15) is 0 Å². The molecule has 0 N–H and O–H groups in total. The van der Waals surface area contributed by atoms with E-state index in [1.807, 2.05) is 31.2 Å². The van der Waals surface area contributed by atoms with E-state index in [4.69, 9.17) is 21.3 Å². The molecule has 146 valence electrons. The number of benzene rings is 2. The maximum atomic E-state index is 6.20. The predicted molar refractivity (Wildman–Crippen MR) is 117 cm³/mol. The van der Waals surface area contributed by atoms with Crippen LogP contribution in [-0.4, -0.2) is 34.1 Å². The topological polar surface area (TPSA) is 30.3 Å². The molecule has 1 aliphatic heterocycles. The summed E-state index contributed by atoms with van der Waals surface area (Å²) in [5.74, 6) is 1.85. The van der Waals surface area contributed by atoms with Gasteiger partial charge in [0.05, 0.1) is 24.3 Å². The standard InChI is InChI=1S/C23H26ClN3O/c1-2-28-20-10-6-18(7-11-20)8-13-23-25-21-16-19(24)9-12-22(21)27(23)17-26-14-4-3-5-15-26/h6-13,16H,2-5,14-15,17H2,1H3/b13-8+. The highest BCUT2D eigenvalue weighted by molar-refractivity contribution is 6.31. The Morgan fingerprint density at radius 3 is 2.57 bits per heavy atom. The molecule has 0 unspecified atom stereocenters. The van der Waals surface area contributed by atoms with E-state index in [1.54, 1.807) is 0 Å². The third-order valence-electron chi connectivity index (χ3n) is 5.15. The van der Waals surface area contributed by atoms with Crippen molar-refractivity contribution >= 4 is 34.8 Å². The number of halogens is 1. The predicted octanol–water partition coefficient (Wildman–Crippen LogP) is 5.70. The number of nitrogens with zero attached hydrogens (tertiary/aromatic N) is 3. The first kappa shape index (κ1) is 19.0. The zero-order valence-corrected chi connectivity index (χ0v) is 17.0. The van der Waals surface area contributed by atoms with Crippen LogP contribution in [0, 0.1) is 0 Å². The second kappa shape index (κ2) is 8.80. The second-order valence-corrected chi connectivity index (χ2v) is 7.62. The molecule has 0 amide bonds. The SMILES string of the molecule is CCOc1ccc(/C=C/c2nc3cc(Cl)ccc3n2CN2CCCCC2)cc1. The number of ether oxygens (including phenoxy) is 1. The van der Waals surface area contributed by atoms with Crippen LogP contribution < -0.4 is 4.74 Å². The zero-order valence-electron chi connectivity index (χ0n) is 16.3. The van der Waals surface area contributed by atoms with Crippen molar-refractivity contribution < 1.29 is 4.74 Å². The monoisotopic (exact) mass is 395 g/mol. The van der Waals surface area contributed by atoms with Crippen molar-refractivity contribution in [2.24, 2.45) is 0 Å². The number of aromatic nitrogens is 2. The largest absolute Gasteiger partial charge is 0.494 e. The van der Waals surface area contributed by atoms with Crippen molar-refractivity contribution in [2.75, 3.05) is 19.7 Å². The molecule has 4 nitrogen and oxygen atoms in total. The van der Waals surface area contributed by atoms with E-state index >= 15 is 0 Å². The van der Waals surface area contributed by atoms with E-state index in [1.165, 1.54) is 19.3 Å².